The summed E-state index contributed by atoms with van der Waals surface area (Å²) in [6.45, 7) is 7.65. The summed E-state index contributed by atoms with van der Waals surface area (Å²) in [4.78, 5) is 12.7. The second-order valence-corrected chi connectivity index (χ2v) is 7.80. The van der Waals surface area contributed by atoms with Gasteiger partial charge in [-0.1, -0.05) is 19.9 Å². The number of benzene rings is 1. The van der Waals surface area contributed by atoms with E-state index < -0.39 is 10.0 Å². The second-order valence-electron chi connectivity index (χ2n) is 6.03. The fourth-order valence-electron chi connectivity index (χ4n) is 2.72. The summed E-state index contributed by atoms with van der Waals surface area (Å²) in [5.41, 5.74) is 1.16. The molecule has 0 aliphatic carbocycles. The molecular formula is C16H25N3O3S. The highest BCUT2D eigenvalue weighted by atomic mass is 32.2. The van der Waals surface area contributed by atoms with Crippen LogP contribution in [0.4, 0.5) is 0 Å². The van der Waals surface area contributed by atoms with Gasteiger partial charge in [-0.05, 0) is 43.5 Å². The summed E-state index contributed by atoms with van der Waals surface area (Å²) in [5.74, 6) is 0.172. The predicted molar refractivity (Wildman–Crippen MR) is 89.9 cm³/mol. The maximum Gasteiger partial charge on any atom is 0.251 e. The van der Waals surface area contributed by atoms with Gasteiger partial charge in [0.2, 0.25) is 10.0 Å². The van der Waals surface area contributed by atoms with Crippen molar-refractivity contribution in [3.05, 3.63) is 29.3 Å². The number of rotatable bonds is 5. The number of amides is 1. The highest BCUT2D eigenvalue weighted by molar-refractivity contribution is 7.89. The van der Waals surface area contributed by atoms with Gasteiger partial charge in [-0.3, -0.25) is 4.79 Å². The lowest BCUT2D eigenvalue weighted by atomic mass is 9.94. The molecule has 1 fully saturated rings. The van der Waals surface area contributed by atoms with Gasteiger partial charge in [-0.25, -0.2) is 13.1 Å². The number of carbonyl (C=O) groups excluding carboxylic acids is 1. The summed E-state index contributed by atoms with van der Waals surface area (Å²) in [7, 11) is -3.57. The maximum absolute atomic E-state index is 12.6. The van der Waals surface area contributed by atoms with Crippen molar-refractivity contribution in [2.45, 2.75) is 38.1 Å². The Hall–Kier alpha value is -1.44. The van der Waals surface area contributed by atoms with Crippen molar-refractivity contribution in [2.24, 2.45) is 5.92 Å². The third kappa shape index (κ3) is 4.31. The summed E-state index contributed by atoms with van der Waals surface area (Å²) in [5, 5.41) is 6.29. The smallest absolute Gasteiger partial charge is 0.251 e. The molecule has 23 heavy (non-hydrogen) atoms. The fraction of sp³-hybridized carbons (Fsp3) is 0.562. The van der Waals surface area contributed by atoms with E-state index in [-0.39, 0.29) is 16.8 Å². The molecule has 7 heteroatoms. The molecule has 0 bridgehead atoms. The van der Waals surface area contributed by atoms with E-state index in [0.29, 0.717) is 18.0 Å². The van der Waals surface area contributed by atoms with Crippen LogP contribution < -0.4 is 15.4 Å². The van der Waals surface area contributed by atoms with E-state index in [9.17, 15) is 13.2 Å². The van der Waals surface area contributed by atoms with Crippen molar-refractivity contribution in [2.75, 3.05) is 19.6 Å². The molecule has 1 aromatic carbocycles. The van der Waals surface area contributed by atoms with Crippen LogP contribution in [-0.4, -0.2) is 40.0 Å². The molecule has 1 aliphatic rings. The zero-order valence-corrected chi connectivity index (χ0v) is 14.7. The Labute approximate surface area is 138 Å². The van der Waals surface area contributed by atoms with Gasteiger partial charge in [-0.2, -0.15) is 0 Å². The molecule has 0 saturated carbocycles. The molecule has 2 rings (SSSR count). The molecule has 6 nitrogen and oxygen atoms in total. The lowest BCUT2D eigenvalue weighted by Crippen LogP contribution is -2.50. The van der Waals surface area contributed by atoms with Crippen molar-refractivity contribution in [3.8, 4) is 0 Å². The van der Waals surface area contributed by atoms with Gasteiger partial charge < -0.3 is 10.6 Å². The Bertz CT molecular complexity index is 673. The molecule has 1 heterocycles. The number of hydrogen-bond acceptors (Lipinski definition) is 4. The van der Waals surface area contributed by atoms with Gasteiger partial charge in [0.1, 0.15) is 0 Å². The Kier molecular flexibility index (Phi) is 5.78. The first-order valence-corrected chi connectivity index (χ1v) is 9.45. The summed E-state index contributed by atoms with van der Waals surface area (Å²) in [6.07, 6.45) is 1.01. The Morgan fingerprint density at radius 2 is 2.13 bits per heavy atom. The average Bonchev–Trinajstić information content (AvgIpc) is 2.49. The van der Waals surface area contributed by atoms with Gasteiger partial charge in [0.25, 0.3) is 5.91 Å². The van der Waals surface area contributed by atoms with E-state index in [2.05, 4.69) is 22.3 Å². The third-order valence-electron chi connectivity index (χ3n) is 4.24. The van der Waals surface area contributed by atoms with Gasteiger partial charge in [0.15, 0.2) is 0 Å². The molecule has 0 aromatic heterocycles. The normalized spacial score (nSPS) is 21.9. The number of sulfonamides is 1. The van der Waals surface area contributed by atoms with Crippen LogP contribution in [0.25, 0.3) is 0 Å². The van der Waals surface area contributed by atoms with Crippen molar-refractivity contribution < 1.29 is 13.2 Å². The standard InChI is InChI=1S/C16H25N3O3S/c1-4-18-23(21,22)13-6-5-11(2)14(9-13)16(20)19-15-10-17-8-7-12(15)3/h5-6,9,12,15,17-18H,4,7-8,10H2,1-3H3,(H,19,20). The fourth-order valence-corrected chi connectivity index (χ4v) is 3.78. The second kappa shape index (κ2) is 7.42. The molecule has 3 N–H and O–H groups in total. The number of hydrogen-bond donors (Lipinski definition) is 3. The molecule has 1 amide bonds. The van der Waals surface area contributed by atoms with Crippen LogP contribution >= 0.6 is 0 Å². The van der Waals surface area contributed by atoms with Crippen LogP contribution in [0.2, 0.25) is 0 Å². The first-order chi connectivity index (χ1) is 10.8. The maximum atomic E-state index is 12.6. The van der Waals surface area contributed by atoms with E-state index in [0.717, 1.165) is 25.1 Å². The number of piperidine rings is 1. The molecule has 0 spiro atoms. The first kappa shape index (κ1) is 17.9. The predicted octanol–water partition coefficient (Wildman–Crippen LogP) is 1.02. The molecular weight excluding hydrogens is 314 g/mol. The lowest BCUT2D eigenvalue weighted by molar-refractivity contribution is 0.0914. The van der Waals surface area contributed by atoms with Crippen LogP contribution in [0.5, 0.6) is 0 Å². The van der Waals surface area contributed by atoms with Crippen LogP contribution in [0, 0.1) is 12.8 Å². The highest BCUT2D eigenvalue weighted by Crippen LogP contribution is 2.17. The molecule has 1 saturated heterocycles. The summed E-state index contributed by atoms with van der Waals surface area (Å²) < 4.78 is 26.7. The summed E-state index contributed by atoms with van der Waals surface area (Å²) in [6, 6.07) is 4.70. The minimum atomic E-state index is -3.57. The lowest BCUT2D eigenvalue weighted by Gasteiger charge is -2.30. The molecule has 1 aliphatic heterocycles. The van der Waals surface area contributed by atoms with E-state index in [4.69, 9.17) is 0 Å². The van der Waals surface area contributed by atoms with Gasteiger partial charge in [0, 0.05) is 24.7 Å². The van der Waals surface area contributed by atoms with Crippen LogP contribution in [0.15, 0.2) is 23.1 Å². The minimum Gasteiger partial charge on any atom is -0.348 e. The monoisotopic (exact) mass is 339 g/mol. The SMILES string of the molecule is CCNS(=O)(=O)c1ccc(C)c(C(=O)NC2CNCCC2C)c1. The molecule has 128 valence electrons. The quantitative estimate of drug-likeness (QED) is 0.747. The van der Waals surface area contributed by atoms with E-state index in [1.54, 1.807) is 19.9 Å². The third-order valence-corrected chi connectivity index (χ3v) is 5.79. The zero-order valence-electron chi connectivity index (χ0n) is 13.8. The largest absolute Gasteiger partial charge is 0.348 e. The van der Waals surface area contributed by atoms with Crippen LogP contribution in [0.1, 0.15) is 36.2 Å². The zero-order chi connectivity index (χ0) is 17.0. The minimum absolute atomic E-state index is 0.0599. The van der Waals surface area contributed by atoms with Crippen LogP contribution in [0.3, 0.4) is 0 Å². The molecule has 2 atom stereocenters. The van der Waals surface area contributed by atoms with Crippen molar-refractivity contribution in [1.29, 1.82) is 0 Å². The van der Waals surface area contributed by atoms with Crippen molar-refractivity contribution in [3.63, 3.8) is 0 Å². The highest BCUT2D eigenvalue weighted by Gasteiger charge is 2.24. The van der Waals surface area contributed by atoms with Gasteiger partial charge in [-0.15, -0.1) is 0 Å². The van der Waals surface area contributed by atoms with Crippen molar-refractivity contribution in [1.82, 2.24) is 15.4 Å². The summed E-state index contributed by atoms with van der Waals surface area (Å²) >= 11 is 0. The average molecular weight is 339 g/mol. The number of carbonyl (C=O) groups is 1. The Morgan fingerprint density at radius 3 is 2.78 bits per heavy atom. The van der Waals surface area contributed by atoms with E-state index in [1.165, 1.54) is 12.1 Å². The van der Waals surface area contributed by atoms with E-state index in [1.807, 2.05) is 0 Å². The molecule has 2 unspecified atom stereocenters. The van der Waals surface area contributed by atoms with Gasteiger partial charge in [0.05, 0.1) is 4.90 Å². The van der Waals surface area contributed by atoms with Gasteiger partial charge >= 0.3 is 0 Å². The first-order valence-electron chi connectivity index (χ1n) is 7.97. The van der Waals surface area contributed by atoms with Crippen LogP contribution in [-0.2, 0) is 10.0 Å². The molecule has 1 aromatic rings. The topological polar surface area (TPSA) is 87.3 Å². The molecule has 0 radical (unpaired) electrons. The van der Waals surface area contributed by atoms with E-state index >= 15 is 0 Å². The van der Waals surface area contributed by atoms with Crippen molar-refractivity contribution >= 4 is 15.9 Å². The Morgan fingerprint density at radius 1 is 1.39 bits per heavy atom. The number of aryl methyl sites for hydroxylation is 1. The Balaban J connectivity index is 2.22. The number of nitrogens with one attached hydrogen (secondary N) is 3.